The number of anilines is 1. The molecule has 6 heteroatoms. The van der Waals surface area contributed by atoms with Gasteiger partial charge in [-0.15, -0.1) is 0 Å². The molecule has 2 aromatic carbocycles. The maximum atomic E-state index is 12.8. The molecule has 1 N–H and O–H groups in total. The van der Waals surface area contributed by atoms with Gasteiger partial charge in [-0.05, 0) is 48.9 Å². The van der Waals surface area contributed by atoms with Crippen LogP contribution in [0.2, 0.25) is 0 Å². The average Bonchev–Trinajstić information content (AvgIpc) is 2.68. The Balaban J connectivity index is 2.06. The first-order valence-electron chi connectivity index (χ1n) is 9.47. The molecular formula is C22H27BrN2O3. The maximum Gasteiger partial charge on any atom is 0.259 e. The summed E-state index contributed by atoms with van der Waals surface area (Å²) in [7, 11) is 3.41. The van der Waals surface area contributed by atoms with Crippen molar-refractivity contribution in [3.63, 3.8) is 0 Å². The summed E-state index contributed by atoms with van der Waals surface area (Å²) in [6.07, 6.45) is 4.44. The first kappa shape index (κ1) is 22.0. The number of hydrogen-bond acceptors (Lipinski definition) is 3. The second kappa shape index (κ2) is 10.9. The van der Waals surface area contributed by atoms with E-state index in [1.807, 2.05) is 6.07 Å². The minimum atomic E-state index is -0.253. The summed E-state index contributed by atoms with van der Waals surface area (Å²) in [6, 6.07) is 12.3. The van der Waals surface area contributed by atoms with Crippen molar-refractivity contribution in [2.75, 3.05) is 26.0 Å². The van der Waals surface area contributed by atoms with Crippen LogP contribution in [0.3, 0.4) is 0 Å². The fraction of sp³-hybridized carbons (Fsp3) is 0.364. The van der Waals surface area contributed by atoms with Gasteiger partial charge in [0.2, 0.25) is 0 Å². The Morgan fingerprint density at radius 2 is 1.75 bits per heavy atom. The summed E-state index contributed by atoms with van der Waals surface area (Å²) in [5, 5.41) is 2.87. The van der Waals surface area contributed by atoms with Gasteiger partial charge in [-0.25, -0.2) is 0 Å². The van der Waals surface area contributed by atoms with Gasteiger partial charge in [0.1, 0.15) is 5.75 Å². The minimum Gasteiger partial charge on any atom is -0.493 e. The van der Waals surface area contributed by atoms with Gasteiger partial charge >= 0.3 is 0 Å². The molecule has 0 bridgehead atoms. The van der Waals surface area contributed by atoms with Crippen LogP contribution in [0.5, 0.6) is 5.75 Å². The van der Waals surface area contributed by atoms with E-state index in [0.717, 1.165) is 17.3 Å². The van der Waals surface area contributed by atoms with Gasteiger partial charge in [0, 0.05) is 29.8 Å². The van der Waals surface area contributed by atoms with Crippen molar-refractivity contribution in [2.45, 2.75) is 32.6 Å². The predicted octanol–water partition coefficient (Wildman–Crippen LogP) is 5.36. The van der Waals surface area contributed by atoms with Crippen LogP contribution in [0.4, 0.5) is 5.69 Å². The van der Waals surface area contributed by atoms with E-state index in [1.165, 1.54) is 17.7 Å². The first-order chi connectivity index (χ1) is 13.4. The zero-order chi connectivity index (χ0) is 20.5. The van der Waals surface area contributed by atoms with Crippen LogP contribution < -0.4 is 10.1 Å². The number of nitrogens with one attached hydrogen (secondary N) is 1. The molecule has 0 heterocycles. The van der Waals surface area contributed by atoms with E-state index in [9.17, 15) is 9.59 Å². The van der Waals surface area contributed by atoms with Gasteiger partial charge in [0.25, 0.3) is 11.8 Å². The number of carbonyl (C=O) groups is 2. The highest BCUT2D eigenvalue weighted by Gasteiger charge is 2.14. The Kier molecular flexibility index (Phi) is 8.51. The summed E-state index contributed by atoms with van der Waals surface area (Å²) >= 11 is 3.41. The monoisotopic (exact) mass is 446 g/mol. The Bertz CT molecular complexity index is 804. The molecule has 0 fully saturated rings. The first-order valence-corrected chi connectivity index (χ1v) is 10.3. The molecule has 2 rings (SSSR count). The van der Waals surface area contributed by atoms with Gasteiger partial charge in [-0.2, -0.15) is 0 Å². The molecule has 0 spiro atoms. The summed E-state index contributed by atoms with van der Waals surface area (Å²) in [4.78, 5) is 26.2. The van der Waals surface area contributed by atoms with E-state index in [-0.39, 0.29) is 11.8 Å². The molecule has 2 amide bonds. The van der Waals surface area contributed by atoms with E-state index >= 15 is 0 Å². The number of nitrogens with zero attached hydrogens (tertiary/aromatic N) is 1. The highest BCUT2D eigenvalue weighted by Crippen LogP contribution is 2.25. The summed E-state index contributed by atoms with van der Waals surface area (Å²) in [5.41, 5.74) is 1.66. The molecule has 5 nitrogen and oxygen atoms in total. The largest absolute Gasteiger partial charge is 0.493 e. The number of unbranched alkanes of at least 4 members (excludes halogenated alkanes) is 3. The number of rotatable bonds is 9. The van der Waals surface area contributed by atoms with E-state index in [1.54, 1.807) is 50.5 Å². The van der Waals surface area contributed by atoms with Crippen LogP contribution in [-0.2, 0) is 0 Å². The molecule has 0 aromatic heterocycles. The second-order valence-electron chi connectivity index (χ2n) is 6.78. The molecule has 0 unspecified atom stereocenters. The third-order valence-electron chi connectivity index (χ3n) is 4.24. The van der Waals surface area contributed by atoms with Crippen LogP contribution >= 0.6 is 15.9 Å². The molecule has 150 valence electrons. The molecule has 2 aromatic rings. The molecule has 0 atom stereocenters. The van der Waals surface area contributed by atoms with Crippen LogP contribution in [-0.4, -0.2) is 37.4 Å². The van der Waals surface area contributed by atoms with Gasteiger partial charge in [-0.1, -0.05) is 42.1 Å². The van der Waals surface area contributed by atoms with Crippen LogP contribution in [0.15, 0.2) is 46.9 Å². The number of carbonyl (C=O) groups excluding carboxylic acids is 2. The highest BCUT2D eigenvalue weighted by molar-refractivity contribution is 9.10. The van der Waals surface area contributed by atoms with Crippen LogP contribution in [0, 0.1) is 0 Å². The number of halogens is 1. The average molecular weight is 447 g/mol. The summed E-state index contributed by atoms with van der Waals surface area (Å²) in [6.45, 7) is 2.75. The normalized spacial score (nSPS) is 10.4. The lowest BCUT2D eigenvalue weighted by Gasteiger charge is -2.13. The van der Waals surface area contributed by atoms with Crippen molar-refractivity contribution in [1.82, 2.24) is 4.90 Å². The molecule has 0 radical (unpaired) electrons. The molecule has 0 saturated carbocycles. The molecular weight excluding hydrogens is 420 g/mol. The smallest absolute Gasteiger partial charge is 0.259 e. The zero-order valence-corrected chi connectivity index (χ0v) is 18.2. The van der Waals surface area contributed by atoms with Crippen molar-refractivity contribution in [1.29, 1.82) is 0 Å². The summed E-state index contributed by atoms with van der Waals surface area (Å²) in [5.74, 6) is 0.233. The lowest BCUT2D eigenvalue weighted by molar-refractivity contribution is 0.0827. The van der Waals surface area contributed by atoms with Crippen molar-refractivity contribution in [3.05, 3.63) is 58.1 Å². The number of ether oxygens (including phenoxy) is 1. The fourth-order valence-electron chi connectivity index (χ4n) is 2.67. The topological polar surface area (TPSA) is 58.6 Å². The SMILES string of the molecule is CCCCCCOc1ccc(Br)cc1C(=O)Nc1ccc(C(=O)N(C)C)cc1. The minimum absolute atomic E-state index is 0.0800. The molecule has 28 heavy (non-hydrogen) atoms. The number of benzene rings is 2. The van der Waals surface area contributed by atoms with Crippen molar-refractivity contribution >= 4 is 33.4 Å². The molecule has 0 aliphatic carbocycles. The van der Waals surface area contributed by atoms with Crippen molar-refractivity contribution in [2.24, 2.45) is 0 Å². The Morgan fingerprint density at radius 3 is 2.39 bits per heavy atom. The Hall–Kier alpha value is -2.34. The predicted molar refractivity (Wildman–Crippen MR) is 116 cm³/mol. The van der Waals surface area contributed by atoms with Gasteiger partial charge in [-0.3, -0.25) is 9.59 Å². The van der Waals surface area contributed by atoms with E-state index in [2.05, 4.69) is 28.2 Å². The van der Waals surface area contributed by atoms with E-state index < -0.39 is 0 Å². The quantitative estimate of drug-likeness (QED) is 0.527. The third-order valence-corrected chi connectivity index (χ3v) is 4.73. The third kappa shape index (κ3) is 6.37. The lowest BCUT2D eigenvalue weighted by atomic mass is 10.1. The standard InChI is InChI=1S/C22H27BrN2O3/c1-4-5-6-7-14-28-20-13-10-17(23)15-19(20)21(26)24-18-11-8-16(9-12-18)22(27)25(2)3/h8-13,15H,4-7,14H2,1-3H3,(H,24,26). The van der Waals surface area contributed by atoms with E-state index in [0.29, 0.717) is 29.2 Å². The van der Waals surface area contributed by atoms with Crippen molar-refractivity contribution < 1.29 is 14.3 Å². The Morgan fingerprint density at radius 1 is 1.04 bits per heavy atom. The number of hydrogen-bond donors (Lipinski definition) is 1. The highest BCUT2D eigenvalue weighted by atomic mass is 79.9. The molecule has 0 saturated heterocycles. The van der Waals surface area contributed by atoms with Gasteiger partial charge in [0.15, 0.2) is 0 Å². The van der Waals surface area contributed by atoms with Gasteiger partial charge < -0.3 is 15.0 Å². The Labute approximate surface area is 175 Å². The fourth-order valence-corrected chi connectivity index (χ4v) is 3.03. The maximum absolute atomic E-state index is 12.8. The van der Waals surface area contributed by atoms with E-state index in [4.69, 9.17) is 4.74 Å². The van der Waals surface area contributed by atoms with Crippen molar-refractivity contribution in [3.8, 4) is 5.75 Å². The van der Waals surface area contributed by atoms with Crippen LogP contribution in [0.1, 0.15) is 53.3 Å². The van der Waals surface area contributed by atoms with Crippen LogP contribution in [0.25, 0.3) is 0 Å². The summed E-state index contributed by atoms with van der Waals surface area (Å²) < 4.78 is 6.65. The number of amides is 2. The van der Waals surface area contributed by atoms with Gasteiger partial charge in [0.05, 0.1) is 12.2 Å². The molecule has 0 aliphatic heterocycles. The molecule has 0 aliphatic rings. The second-order valence-corrected chi connectivity index (χ2v) is 7.70. The lowest BCUT2D eigenvalue weighted by Crippen LogP contribution is -2.21. The zero-order valence-electron chi connectivity index (χ0n) is 16.6.